The Morgan fingerprint density at radius 1 is 0.741 bits per heavy atom. The number of hydrogen-bond donors (Lipinski definition) is 1. The predicted octanol–water partition coefficient (Wildman–Crippen LogP) is 8.33. The Morgan fingerprint density at radius 3 is 1.81 bits per heavy atom. The van der Waals surface area contributed by atoms with E-state index in [1.807, 2.05) is 0 Å². The van der Waals surface area contributed by atoms with Crippen molar-refractivity contribution >= 4 is 0 Å². The second-order valence-electron chi connectivity index (χ2n) is 11.7. The van der Waals surface area contributed by atoms with Crippen molar-refractivity contribution < 1.29 is 0 Å². The normalized spacial score (nSPS) is 18.8. The molecule has 0 spiro atoms. The van der Waals surface area contributed by atoms with Crippen LogP contribution >= 0.6 is 0 Å². The van der Waals surface area contributed by atoms with Gasteiger partial charge in [-0.15, -0.1) is 0 Å². The summed E-state index contributed by atoms with van der Waals surface area (Å²) in [5.41, 5.74) is 0.673. The minimum absolute atomic E-state index is 0.245. The van der Waals surface area contributed by atoms with Gasteiger partial charge in [0.15, 0.2) is 0 Å². The van der Waals surface area contributed by atoms with Crippen LogP contribution in [0, 0.1) is 35.0 Å². The number of unbranched alkanes of at least 4 members (excludes halogenated alkanes) is 1. The van der Waals surface area contributed by atoms with E-state index in [0.717, 1.165) is 36.1 Å². The zero-order valence-corrected chi connectivity index (χ0v) is 21.0. The lowest BCUT2D eigenvalue weighted by atomic mass is 9.70. The van der Waals surface area contributed by atoms with Crippen molar-refractivity contribution in [3.8, 4) is 0 Å². The van der Waals surface area contributed by atoms with Crippen LogP contribution in [0.15, 0.2) is 0 Å². The van der Waals surface area contributed by atoms with Gasteiger partial charge in [0.05, 0.1) is 0 Å². The fraction of sp³-hybridized carbons (Fsp3) is 1.00. The predicted molar refractivity (Wildman–Crippen MR) is 125 cm³/mol. The summed E-state index contributed by atoms with van der Waals surface area (Å²) in [6, 6.07) is 0. The summed E-state index contributed by atoms with van der Waals surface area (Å²) in [7, 11) is 0. The van der Waals surface area contributed by atoms with Crippen LogP contribution in [0.2, 0.25) is 0 Å². The average molecular weight is 382 g/mol. The van der Waals surface area contributed by atoms with Crippen LogP contribution in [0.3, 0.4) is 0 Å². The van der Waals surface area contributed by atoms with Gasteiger partial charge in [0.1, 0.15) is 0 Å². The Labute approximate surface area is 173 Å². The maximum Gasteiger partial charge on any atom is 0.0127 e. The molecule has 0 aliphatic carbocycles. The van der Waals surface area contributed by atoms with Gasteiger partial charge < -0.3 is 5.32 Å². The molecule has 0 fully saturated rings. The molecule has 0 amide bonds. The highest BCUT2D eigenvalue weighted by molar-refractivity contribution is 4.85. The van der Waals surface area contributed by atoms with Gasteiger partial charge in [-0.05, 0) is 81.1 Å². The fourth-order valence-corrected chi connectivity index (χ4v) is 4.66. The molecule has 0 heterocycles. The van der Waals surface area contributed by atoms with Crippen LogP contribution in [0.5, 0.6) is 0 Å². The van der Waals surface area contributed by atoms with E-state index in [-0.39, 0.29) is 5.54 Å². The van der Waals surface area contributed by atoms with Gasteiger partial charge in [-0.3, -0.25) is 0 Å². The molecule has 27 heavy (non-hydrogen) atoms. The summed E-state index contributed by atoms with van der Waals surface area (Å²) >= 11 is 0. The SMILES string of the molecule is CCCCNC(C)(C)CC(CCC(C)C(C)CC)C(C)C(C)CC(C)(C)C. The highest BCUT2D eigenvalue weighted by Gasteiger charge is 2.31. The quantitative estimate of drug-likeness (QED) is 0.298. The molecule has 0 saturated carbocycles. The van der Waals surface area contributed by atoms with E-state index in [1.165, 1.54) is 44.9 Å². The summed E-state index contributed by atoms with van der Waals surface area (Å²) in [4.78, 5) is 0. The first-order valence-electron chi connectivity index (χ1n) is 12.1. The lowest BCUT2D eigenvalue weighted by Crippen LogP contribution is -2.43. The molecule has 5 unspecified atom stereocenters. The fourth-order valence-electron chi connectivity index (χ4n) is 4.66. The van der Waals surface area contributed by atoms with Crippen molar-refractivity contribution in [3.05, 3.63) is 0 Å². The Kier molecular flexibility index (Phi) is 12.5. The van der Waals surface area contributed by atoms with Gasteiger partial charge in [0.2, 0.25) is 0 Å². The molecule has 0 radical (unpaired) electrons. The second-order valence-corrected chi connectivity index (χ2v) is 11.7. The van der Waals surface area contributed by atoms with Gasteiger partial charge in [-0.1, -0.05) is 81.6 Å². The maximum atomic E-state index is 3.85. The summed E-state index contributed by atoms with van der Waals surface area (Å²) in [5, 5.41) is 3.85. The molecule has 0 rings (SSSR count). The molecule has 1 heteroatoms. The highest BCUT2D eigenvalue weighted by atomic mass is 14.9. The van der Waals surface area contributed by atoms with Crippen LogP contribution in [-0.4, -0.2) is 12.1 Å². The molecule has 0 saturated heterocycles. The summed E-state index contributed by atoms with van der Waals surface area (Å²) in [6.45, 7) is 27.8. The first kappa shape index (κ1) is 27.0. The van der Waals surface area contributed by atoms with E-state index < -0.39 is 0 Å². The first-order valence-corrected chi connectivity index (χ1v) is 12.1. The Morgan fingerprint density at radius 2 is 1.33 bits per heavy atom. The van der Waals surface area contributed by atoms with Crippen LogP contribution < -0.4 is 5.32 Å². The zero-order valence-electron chi connectivity index (χ0n) is 21.0. The minimum atomic E-state index is 0.245. The molecular weight excluding hydrogens is 326 g/mol. The van der Waals surface area contributed by atoms with Gasteiger partial charge >= 0.3 is 0 Å². The van der Waals surface area contributed by atoms with Crippen molar-refractivity contribution in [2.24, 2.45) is 35.0 Å². The number of rotatable bonds is 14. The van der Waals surface area contributed by atoms with E-state index >= 15 is 0 Å². The number of hydrogen-bond acceptors (Lipinski definition) is 1. The minimum Gasteiger partial charge on any atom is -0.312 e. The first-order chi connectivity index (χ1) is 12.3. The van der Waals surface area contributed by atoms with E-state index in [1.54, 1.807) is 0 Å². The van der Waals surface area contributed by atoms with Gasteiger partial charge in [-0.2, -0.15) is 0 Å². The smallest absolute Gasteiger partial charge is 0.0127 e. The van der Waals surface area contributed by atoms with E-state index in [2.05, 4.69) is 81.5 Å². The molecule has 164 valence electrons. The Bertz CT molecular complexity index is 365. The van der Waals surface area contributed by atoms with Crippen LogP contribution in [0.25, 0.3) is 0 Å². The lowest BCUT2D eigenvalue weighted by Gasteiger charge is -2.38. The topological polar surface area (TPSA) is 12.0 Å². The molecule has 0 aliphatic heterocycles. The molecular formula is C26H55N. The summed E-state index contributed by atoms with van der Waals surface area (Å²) < 4.78 is 0. The molecule has 0 aromatic carbocycles. The van der Waals surface area contributed by atoms with Gasteiger partial charge in [-0.25, -0.2) is 0 Å². The van der Waals surface area contributed by atoms with E-state index in [9.17, 15) is 0 Å². The molecule has 0 bridgehead atoms. The van der Waals surface area contributed by atoms with Crippen LogP contribution in [0.4, 0.5) is 0 Å². The van der Waals surface area contributed by atoms with Crippen molar-refractivity contribution in [2.45, 2.75) is 127 Å². The molecule has 0 aliphatic rings. The molecule has 0 aromatic rings. The van der Waals surface area contributed by atoms with Crippen molar-refractivity contribution in [1.82, 2.24) is 5.32 Å². The average Bonchev–Trinajstić information content (AvgIpc) is 2.55. The third kappa shape index (κ3) is 12.2. The van der Waals surface area contributed by atoms with Crippen molar-refractivity contribution in [3.63, 3.8) is 0 Å². The molecule has 1 nitrogen and oxygen atoms in total. The standard InChI is InChI=1S/C26H55N/c1-12-14-17-27-26(10,11)19-24(16-15-21(4)20(3)13-2)23(6)22(5)18-25(7,8)9/h20-24,27H,12-19H2,1-11H3. The summed E-state index contributed by atoms with van der Waals surface area (Å²) in [6.07, 6.45) is 9.28. The van der Waals surface area contributed by atoms with Gasteiger partial charge in [0.25, 0.3) is 0 Å². The zero-order chi connectivity index (χ0) is 21.3. The Balaban J connectivity index is 5.07. The monoisotopic (exact) mass is 381 g/mol. The van der Waals surface area contributed by atoms with E-state index in [4.69, 9.17) is 0 Å². The second kappa shape index (κ2) is 12.5. The van der Waals surface area contributed by atoms with Gasteiger partial charge in [0, 0.05) is 5.54 Å². The van der Waals surface area contributed by atoms with Crippen LogP contribution in [0.1, 0.15) is 121 Å². The number of nitrogens with one attached hydrogen (secondary N) is 1. The van der Waals surface area contributed by atoms with E-state index in [0.29, 0.717) is 5.41 Å². The molecule has 1 N–H and O–H groups in total. The van der Waals surface area contributed by atoms with Crippen molar-refractivity contribution in [2.75, 3.05) is 6.54 Å². The molecule has 5 atom stereocenters. The highest BCUT2D eigenvalue weighted by Crippen LogP contribution is 2.38. The third-order valence-electron chi connectivity index (χ3n) is 7.09. The maximum absolute atomic E-state index is 3.85. The summed E-state index contributed by atoms with van der Waals surface area (Å²) in [5.74, 6) is 4.10. The van der Waals surface area contributed by atoms with Crippen molar-refractivity contribution in [1.29, 1.82) is 0 Å². The third-order valence-corrected chi connectivity index (χ3v) is 7.09. The Hall–Kier alpha value is -0.0400. The molecule has 0 aromatic heterocycles. The lowest BCUT2D eigenvalue weighted by molar-refractivity contribution is 0.143. The largest absolute Gasteiger partial charge is 0.312 e. The van der Waals surface area contributed by atoms with Crippen LogP contribution in [-0.2, 0) is 0 Å².